The molecule has 1 atom stereocenters. The van der Waals surface area contributed by atoms with Crippen molar-refractivity contribution in [2.24, 2.45) is 5.92 Å². The van der Waals surface area contributed by atoms with Crippen LogP contribution in [-0.4, -0.2) is 33.3 Å². The maximum Gasteiger partial charge on any atom is 0.315 e. The molecule has 2 amide bonds. The number of aromatic nitrogens is 2. The molecule has 130 valence electrons. The molecular weight excluding hydrogens is 304 g/mol. The predicted molar refractivity (Wildman–Crippen MR) is 93.6 cm³/mol. The average Bonchev–Trinajstić information content (AvgIpc) is 3.17. The van der Waals surface area contributed by atoms with Gasteiger partial charge in [-0.1, -0.05) is 38.8 Å². The van der Waals surface area contributed by atoms with E-state index < -0.39 is 5.60 Å². The number of imidazole rings is 1. The first-order valence-electron chi connectivity index (χ1n) is 8.68. The lowest BCUT2D eigenvalue weighted by atomic mass is 10.0. The van der Waals surface area contributed by atoms with Gasteiger partial charge in [0.25, 0.3) is 0 Å². The quantitative estimate of drug-likeness (QED) is 0.679. The number of rotatable bonds is 5. The van der Waals surface area contributed by atoms with Gasteiger partial charge in [-0.25, -0.2) is 9.78 Å². The number of hydrogen-bond donors (Lipinski definition) is 4. The molecule has 24 heavy (non-hydrogen) atoms. The lowest BCUT2D eigenvalue weighted by Crippen LogP contribution is -2.46. The summed E-state index contributed by atoms with van der Waals surface area (Å²) in [7, 11) is 0. The van der Waals surface area contributed by atoms with Crippen LogP contribution in [0.2, 0.25) is 0 Å². The zero-order valence-electron chi connectivity index (χ0n) is 14.3. The number of nitrogens with one attached hydrogen (secondary N) is 3. The van der Waals surface area contributed by atoms with Gasteiger partial charge in [0.15, 0.2) is 0 Å². The molecule has 2 aromatic rings. The summed E-state index contributed by atoms with van der Waals surface area (Å²) in [6, 6.07) is 7.34. The third kappa shape index (κ3) is 3.70. The molecule has 1 aromatic carbocycles. The van der Waals surface area contributed by atoms with Crippen LogP contribution in [0, 0.1) is 5.92 Å². The van der Waals surface area contributed by atoms with Crippen molar-refractivity contribution in [1.29, 1.82) is 0 Å². The number of nitrogens with zero attached hydrogens (tertiary/aromatic N) is 1. The molecule has 1 aliphatic rings. The van der Waals surface area contributed by atoms with Gasteiger partial charge in [-0.15, -0.1) is 0 Å². The highest BCUT2D eigenvalue weighted by molar-refractivity contribution is 5.76. The van der Waals surface area contributed by atoms with Gasteiger partial charge in [-0.2, -0.15) is 0 Å². The fraction of sp³-hybridized carbons (Fsp3) is 0.556. The van der Waals surface area contributed by atoms with E-state index in [0.29, 0.717) is 6.54 Å². The standard InChI is InChI=1S/C18H26N4O2/c1-12(2)15(16-20-13-7-3-4-8-14(13)21-16)22-17(23)19-11-18(24)9-5-6-10-18/h3-4,7-8,12,15,24H,5-6,9-11H2,1-2H3,(H,20,21)(H2,19,22,23). The average molecular weight is 330 g/mol. The molecular formula is C18H26N4O2. The SMILES string of the molecule is CC(C)C(NC(=O)NCC1(O)CCCC1)c1nc2ccccc2[nH]1. The van der Waals surface area contributed by atoms with Crippen LogP contribution in [0.25, 0.3) is 11.0 Å². The topological polar surface area (TPSA) is 90.0 Å². The van der Waals surface area contributed by atoms with Crippen LogP contribution >= 0.6 is 0 Å². The van der Waals surface area contributed by atoms with Gasteiger partial charge >= 0.3 is 6.03 Å². The van der Waals surface area contributed by atoms with Crippen LogP contribution in [0.5, 0.6) is 0 Å². The van der Waals surface area contributed by atoms with Crippen LogP contribution in [-0.2, 0) is 0 Å². The number of H-pyrrole nitrogens is 1. The summed E-state index contributed by atoms with van der Waals surface area (Å²) in [5.41, 5.74) is 1.10. The van der Waals surface area contributed by atoms with E-state index in [1.807, 2.05) is 38.1 Å². The van der Waals surface area contributed by atoms with Gasteiger partial charge in [0, 0.05) is 6.54 Å². The Morgan fingerprint density at radius 2 is 2.04 bits per heavy atom. The minimum absolute atomic E-state index is 0.186. The molecule has 0 bridgehead atoms. The van der Waals surface area contributed by atoms with Crippen LogP contribution < -0.4 is 10.6 Å². The van der Waals surface area contributed by atoms with Gasteiger partial charge in [0.1, 0.15) is 5.82 Å². The van der Waals surface area contributed by atoms with E-state index in [-0.39, 0.29) is 18.0 Å². The molecule has 6 nitrogen and oxygen atoms in total. The molecule has 3 rings (SSSR count). The van der Waals surface area contributed by atoms with Crippen molar-refractivity contribution in [3.05, 3.63) is 30.1 Å². The fourth-order valence-electron chi connectivity index (χ4n) is 3.32. The zero-order chi connectivity index (χ0) is 17.2. The van der Waals surface area contributed by atoms with Crippen molar-refractivity contribution >= 4 is 17.1 Å². The first-order valence-corrected chi connectivity index (χ1v) is 8.68. The lowest BCUT2D eigenvalue weighted by Gasteiger charge is -2.25. The van der Waals surface area contributed by atoms with E-state index in [9.17, 15) is 9.90 Å². The second-order valence-electron chi connectivity index (χ2n) is 7.12. The minimum atomic E-state index is -0.746. The third-order valence-corrected chi connectivity index (χ3v) is 4.77. The van der Waals surface area contributed by atoms with Crippen LogP contribution in [0.4, 0.5) is 4.79 Å². The Labute approximate surface area is 142 Å². The number of carbonyl (C=O) groups is 1. The number of benzene rings is 1. The Morgan fingerprint density at radius 3 is 2.71 bits per heavy atom. The largest absolute Gasteiger partial charge is 0.388 e. The molecule has 0 spiro atoms. The highest BCUT2D eigenvalue weighted by Gasteiger charge is 2.31. The molecule has 0 saturated heterocycles. The van der Waals surface area contributed by atoms with E-state index in [0.717, 1.165) is 42.5 Å². The molecule has 1 unspecified atom stereocenters. The van der Waals surface area contributed by atoms with Crippen molar-refractivity contribution in [2.45, 2.75) is 51.2 Å². The van der Waals surface area contributed by atoms with E-state index in [2.05, 4.69) is 20.6 Å². The number of fused-ring (bicyclic) bond motifs is 1. The Kier molecular flexibility index (Phi) is 4.76. The molecule has 6 heteroatoms. The summed E-state index contributed by atoms with van der Waals surface area (Å²) in [4.78, 5) is 20.1. The van der Waals surface area contributed by atoms with E-state index in [1.165, 1.54) is 0 Å². The third-order valence-electron chi connectivity index (χ3n) is 4.77. The second kappa shape index (κ2) is 6.81. The summed E-state index contributed by atoms with van der Waals surface area (Å²) < 4.78 is 0. The smallest absolute Gasteiger partial charge is 0.315 e. The van der Waals surface area contributed by atoms with Crippen molar-refractivity contribution < 1.29 is 9.90 Å². The van der Waals surface area contributed by atoms with Gasteiger partial charge < -0.3 is 20.7 Å². The Morgan fingerprint density at radius 1 is 1.33 bits per heavy atom. The van der Waals surface area contributed by atoms with Crippen molar-refractivity contribution in [3.8, 4) is 0 Å². The number of carbonyl (C=O) groups excluding carboxylic acids is 1. The van der Waals surface area contributed by atoms with Crippen molar-refractivity contribution in [3.63, 3.8) is 0 Å². The van der Waals surface area contributed by atoms with E-state index in [1.54, 1.807) is 0 Å². The summed E-state index contributed by atoms with van der Waals surface area (Å²) in [6.07, 6.45) is 3.55. The molecule has 1 fully saturated rings. The maximum atomic E-state index is 12.3. The number of aliphatic hydroxyl groups is 1. The molecule has 1 saturated carbocycles. The number of urea groups is 1. The highest BCUT2D eigenvalue weighted by atomic mass is 16.3. The normalized spacial score (nSPS) is 18.0. The Balaban J connectivity index is 1.66. The van der Waals surface area contributed by atoms with Crippen LogP contribution in [0.1, 0.15) is 51.4 Å². The van der Waals surface area contributed by atoms with Gasteiger partial charge in [-0.05, 0) is 30.9 Å². The minimum Gasteiger partial charge on any atom is -0.388 e. The monoisotopic (exact) mass is 330 g/mol. The molecule has 0 aliphatic heterocycles. The summed E-state index contributed by atoms with van der Waals surface area (Å²) >= 11 is 0. The molecule has 0 radical (unpaired) electrons. The number of para-hydroxylation sites is 2. The van der Waals surface area contributed by atoms with Crippen molar-refractivity contribution in [1.82, 2.24) is 20.6 Å². The molecule has 1 heterocycles. The van der Waals surface area contributed by atoms with Gasteiger partial charge in [0.2, 0.25) is 0 Å². The summed E-state index contributed by atoms with van der Waals surface area (Å²) in [5.74, 6) is 0.937. The zero-order valence-corrected chi connectivity index (χ0v) is 14.3. The van der Waals surface area contributed by atoms with E-state index >= 15 is 0 Å². The van der Waals surface area contributed by atoms with Crippen LogP contribution in [0.3, 0.4) is 0 Å². The first-order chi connectivity index (χ1) is 11.5. The van der Waals surface area contributed by atoms with Crippen molar-refractivity contribution in [2.75, 3.05) is 6.54 Å². The highest BCUT2D eigenvalue weighted by Crippen LogP contribution is 2.28. The number of hydrogen-bond acceptors (Lipinski definition) is 3. The van der Waals surface area contributed by atoms with E-state index in [4.69, 9.17) is 0 Å². The summed E-state index contributed by atoms with van der Waals surface area (Å²) in [6.45, 7) is 4.38. The first kappa shape index (κ1) is 16.8. The lowest BCUT2D eigenvalue weighted by molar-refractivity contribution is 0.0499. The second-order valence-corrected chi connectivity index (χ2v) is 7.12. The summed E-state index contributed by atoms with van der Waals surface area (Å²) in [5, 5.41) is 16.1. The fourth-order valence-corrected chi connectivity index (χ4v) is 3.32. The maximum absolute atomic E-state index is 12.3. The molecule has 4 N–H and O–H groups in total. The molecule has 1 aliphatic carbocycles. The van der Waals surface area contributed by atoms with Gasteiger partial charge in [-0.3, -0.25) is 0 Å². The predicted octanol–water partition coefficient (Wildman–Crippen LogP) is 2.86. The Hall–Kier alpha value is -2.08. The van der Waals surface area contributed by atoms with Crippen LogP contribution in [0.15, 0.2) is 24.3 Å². The Bertz CT molecular complexity index is 671. The number of aromatic amines is 1. The van der Waals surface area contributed by atoms with Gasteiger partial charge in [0.05, 0.1) is 22.7 Å². The molecule has 1 aromatic heterocycles. The number of amides is 2.